The van der Waals surface area contributed by atoms with Gasteiger partial charge in [-0.05, 0) is 18.4 Å². The summed E-state index contributed by atoms with van der Waals surface area (Å²) < 4.78 is 5.07. The molecule has 0 radical (unpaired) electrons. The number of terminal acetylenes is 1. The minimum atomic E-state index is -1.07. The Kier molecular flexibility index (Phi) is 7.37. The fraction of sp³-hybridized carbons (Fsp3) is 0.368. The van der Waals surface area contributed by atoms with Crippen molar-refractivity contribution in [3.8, 4) is 12.3 Å². The summed E-state index contributed by atoms with van der Waals surface area (Å²) >= 11 is 0. The number of hydrogen-bond donors (Lipinski definition) is 3. The molecule has 0 aliphatic carbocycles. The number of benzene rings is 1. The summed E-state index contributed by atoms with van der Waals surface area (Å²) in [6, 6.07) is 7.03. The van der Waals surface area contributed by atoms with Gasteiger partial charge >= 0.3 is 6.09 Å². The lowest BCUT2D eigenvalue weighted by atomic mass is 10.1. The van der Waals surface area contributed by atoms with E-state index in [2.05, 4.69) is 21.9 Å². The maximum atomic E-state index is 12.4. The number of rotatable bonds is 6. The van der Waals surface area contributed by atoms with Gasteiger partial charge in [0.2, 0.25) is 11.7 Å². The Morgan fingerprint density at radius 1 is 1.30 bits per heavy atom. The average Bonchev–Trinajstić information content (AvgIpc) is 2.82. The molecule has 1 aromatic carbocycles. The molecular weight excluding hydrogens is 350 g/mol. The molecule has 1 aliphatic rings. The minimum Gasteiger partial charge on any atom is -0.445 e. The summed E-state index contributed by atoms with van der Waals surface area (Å²) in [7, 11) is 0. The van der Waals surface area contributed by atoms with Gasteiger partial charge in [0.1, 0.15) is 12.6 Å². The van der Waals surface area contributed by atoms with Crippen molar-refractivity contribution in [1.29, 1.82) is 0 Å². The third-order valence-electron chi connectivity index (χ3n) is 3.96. The highest BCUT2D eigenvalue weighted by molar-refractivity contribution is 6.38. The van der Waals surface area contributed by atoms with Crippen LogP contribution in [0.1, 0.15) is 24.8 Å². The third kappa shape index (κ3) is 6.15. The molecule has 0 spiro atoms. The van der Waals surface area contributed by atoms with Gasteiger partial charge in [-0.25, -0.2) is 4.79 Å². The molecule has 2 unspecified atom stereocenters. The van der Waals surface area contributed by atoms with E-state index in [9.17, 15) is 19.2 Å². The zero-order valence-corrected chi connectivity index (χ0v) is 14.7. The Bertz CT molecular complexity index is 741. The van der Waals surface area contributed by atoms with Crippen LogP contribution in [0.4, 0.5) is 4.79 Å². The molecule has 1 fully saturated rings. The van der Waals surface area contributed by atoms with Crippen molar-refractivity contribution in [3.63, 3.8) is 0 Å². The lowest BCUT2D eigenvalue weighted by molar-refractivity contribution is -0.139. The number of carbonyl (C=O) groups excluding carboxylic acids is 4. The van der Waals surface area contributed by atoms with Gasteiger partial charge in [-0.1, -0.05) is 30.3 Å². The molecule has 8 nitrogen and oxygen atoms in total. The van der Waals surface area contributed by atoms with Gasteiger partial charge in [0.25, 0.3) is 5.91 Å². The number of Topliss-reactive ketones (excluding diaryl/α,β-unsaturated/α-hetero) is 1. The molecule has 1 aliphatic heterocycles. The number of carbonyl (C=O) groups is 4. The summed E-state index contributed by atoms with van der Waals surface area (Å²) in [5.41, 5.74) is 0.792. The maximum absolute atomic E-state index is 12.4. The van der Waals surface area contributed by atoms with Crippen LogP contribution >= 0.6 is 0 Å². The summed E-state index contributed by atoms with van der Waals surface area (Å²) in [6.45, 7) is 0.410. The Morgan fingerprint density at radius 3 is 2.74 bits per heavy atom. The Balaban J connectivity index is 1.91. The molecule has 8 heteroatoms. The summed E-state index contributed by atoms with van der Waals surface area (Å²) in [5.74, 6) is 0.211. The summed E-state index contributed by atoms with van der Waals surface area (Å²) in [6.07, 6.45) is 5.25. The van der Waals surface area contributed by atoms with E-state index in [0.29, 0.717) is 19.4 Å². The number of hydrogen-bond acceptors (Lipinski definition) is 5. The van der Waals surface area contributed by atoms with Gasteiger partial charge in [0.15, 0.2) is 0 Å². The SMILES string of the molecule is C#CCC(NC(=O)OCc1ccccc1)C(=O)NC1CCCNC(=O)C1=O. The first kappa shape index (κ1) is 20.0. The smallest absolute Gasteiger partial charge is 0.408 e. The topological polar surface area (TPSA) is 114 Å². The van der Waals surface area contributed by atoms with Crippen LogP contribution in [-0.2, 0) is 25.7 Å². The molecule has 1 saturated heterocycles. The van der Waals surface area contributed by atoms with Crippen molar-refractivity contribution >= 4 is 23.7 Å². The first-order valence-corrected chi connectivity index (χ1v) is 8.54. The van der Waals surface area contributed by atoms with E-state index in [1.807, 2.05) is 18.2 Å². The Labute approximate surface area is 157 Å². The first-order chi connectivity index (χ1) is 13.0. The fourth-order valence-corrected chi connectivity index (χ4v) is 2.53. The maximum Gasteiger partial charge on any atom is 0.408 e. The number of amides is 3. The van der Waals surface area contributed by atoms with E-state index < -0.39 is 35.8 Å². The molecule has 27 heavy (non-hydrogen) atoms. The molecule has 2 rings (SSSR count). The quantitative estimate of drug-likeness (QED) is 0.491. The average molecular weight is 371 g/mol. The van der Waals surface area contributed by atoms with Crippen LogP contribution in [0.2, 0.25) is 0 Å². The van der Waals surface area contributed by atoms with Crippen LogP contribution in [0.15, 0.2) is 30.3 Å². The fourth-order valence-electron chi connectivity index (χ4n) is 2.53. The van der Waals surface area contributed by atoms with Gasteiger partial charge in [0, 0.05) is 13.0 Å². The monoisotopic (exact) mass is 371 g/mol. The largest absolute Gasteiger partial charge is 0.445 e. The van der Waals surface area contributed by atoms with Crippen molar-refractivity contribution in [2.45, 2.75) is 38.0 Å². The van der Waals surface area contributed by atoms with Crippen molar-refractivity contribution in [1.82, 2.24) is 16.0 Å². The molecule has 3 N–H and O–H groups in total. The zero-order chi connectivity index (χ0) is 19.6. The highest BCUT2D eigenvalue weighted by atomic mass is 16.5. The van der Waals surface area contributed by atoms with E-state index in [1.165, 1.54) is 0 Å². The number of ketones is 1. The van der Waals surface area contributed by atoms with Crippen molar-refractivity contribution < 1.29 is 23.9 Å². The second-order valence-electron chi connectivity index (χ2n) is 5.99. The van der Waals surface area contributed by atoms with Gasteiger partial charge in [-0.3, -0.25) is 14.4 Å². The second-order valence-corrected chi connectivity index (χ2v) is 5.99. The van der Waals surface area contributed by atoms with E-state index in [1.54, 1.807) is 12.1 Å². The number of ether oxygens (including phenoxy) is 1. The van der Waals surface area contributed by atoms with E-state index in [-0.39, 0.29) is 13.0 Å². The standard InChI is InChI=1S/C19H21N3O5/c1-2-7-15(22-19(26)27-12-13-8-4-3-5-9-13)17(24)21-14-10-6-11-20-18(25)16(14)23/h1,3-5,8-9,14-15H,6-7,10-12H2,(H,20,25)(H,21,24)(H,22,26). The predicted octanol–water partition coefficient (Wildman–Crippen LogP) is 0.269. The van der Waals surface area contributed by atoms with Crippen LogP contribution in [0.5, 0.6) is 0 Å². The van der Waals surface area contributed by atoms with Gasteiger partial charge in [-0.15, -0.1) is 12.3 Å². The van der Waals surface area contributed by atoms with Crippen molar-refractivity contribution in [2.24, 2.45) is 0 Å². The lowest BCUT2D eigenvalue weighted by Crippen LogP contribution is -2.52. The minimum absolute atomic E-state index is 0.0400. The van der Waals surface area contributed by atoms with Crippen LogP contribution < -0.4 is 16.0 Å². The van der Waals surface area contributed by atoms with Crippen molar-refractivity contribution in [2.75, 3.05) is 6.54 Å². The normalized spacial score (nSPS) is 17.7. The van der Waals surface area contributed by atoms with E-state index in [0.717, 1.165) is 5.56 Å². The molecule has 142 valence electrons. The molecule has 0 saturated carbocycles. The van der Waals surface area contributed by atoms with E-state index in [4.69, 9.17) is 11.2 Å². The molecule has 2 atom stereocenters. The first-order valence-electron chi connectivity index (χ1n) is 8.54. The summed E-state index contributed by atoms with van der Waals surface area (Å²) in [4.78, 5) is 47.9. The zero-order valence-electron chi connectivity index (χ0n) is 14.7. The number of alkyl carbamates (subject to hydrolysis) is 1. The Morgan fingerprint density at radius 2 is 2.04 bits per heavy atom. The van der Waals surface area contributed by atoms with Crippen molar-refractivity contribution in [3.05, 3.63) is 35.9 Å². The van der Waals surface area contributed by atoms with Gasteiger partial charge in [-0.2, -0.15) is 0 Å². The molecule has 0 aromatic heterocycles. The predicted molar refractivity (Wildman–Crippen MR) is 96.2 cm³/mol. The molecule has 1 heterocycles. The lowest BCUT2D eigenvalue weighted by Gasteiger charge is -2.20. The highest BCUT2D eigenvalue weighted by Gasteiger charge is 2.31. The molecule has 1 aromatic rings. The number of nitrogens with one attached hydrogen (secondary N) is 3. The third-order valence-corrected chi connectivity index (χ3v) is 3.96. The molecular formula is C19H21N3O5. The summed E-state index contributed by atoms with van der Waals surface area (Å²) in [5, 5.41) is 7.33. The molecule has 0 bridgehead atoms. The van der Waals surface area contributed by atoms with Crippen LogP contribution in [0, 0.1) is 12.3 Å². The van der Waals surface area contributed by atoms with Crippen LogP contribution in [0.3, 0.4) is 0 Å². The van der Waals surface area contributed by atoms with Crippen LogP contribution in [0.25, 0.3) is 0 Å². The Hall–Kier alpha value is -3.34. The molecule has 3 amide bonds. The second kappa shape index (κ2) is 9.97. The van der Waals surface area contributed by atoms with Gasteiger partial charge < -0.3 is 20.7 Å². The van der Waals surface area contributed by atoms with E-state index >= 15 is 0 Å². The van der Waals surface area contributed by atoms with Crippen LogP contribution in [-0.4, -0.2) is 42.3 Å². The highest BCUT2D eigenvalue weighted by Crippen LogP contribution is 2.05. The van der Waals surface area contributed by atoms with Gasteiger partial charge in [0.05, 0.1) is 6.04 Å².